The maximum absolute atomic E-state index is 13.8. The summed E-state index contributed by atoms with van der Waals surface area (Å²) in [7, 11) is 3.41. The maximum atomic E-state index is 13.8. The number of piperidine rings is 1. The number of furan rings is 1. The van der Waals surface area contributed by atoms with Crippen LogP contribution in [0, 0.1) is 11.7 Å². The minimum Gasteiger partial charge on any atom is -0.453 e. The van der Waals surface area contributed by atoms with Gasteiger partial charge in [0.15, 0.2) is 5.76 Å². The molecular formula is C22H29FN2O3. The highest BCUT2D eigenvalue weighted by molar-refractivity contribution is 5.91. The molecule has 0 N–H and O–H groups in total. The molecule has 5 nitrogen and oxygen atoms in total. The predicted octanol–water partition coefficient (Wildman–Crippen LogP) is 3.59. The van der Waals surface area contributed by atoms with Gasteiger partial charge < -0.3 is 19.0 Å². The van der Waals surface area contributed by atoms with Crippen LogP contribution in [0.2, 0.25) is 0 Å². The Bertz CT molecular complexity index is 777. The van der Waals surface area contributed by atoms with Gasteiger partial charge in [-0.2, -0.15) is 0 Å². The van der Waals surface area contributed by atoms with E-state index in [0.717, 1.165) is 38.0 Å². The molecule has 0 bridgehead atoms. The van der Waals surface area contributed by atoms with E-state index in [2.05, 4.69) is 4.90 Å². The Morgan fingerprint density at radius 2 is 2.14 bits per heavy atom. The Hall–Kier alpha value is -2.18. The van der Waals surface area contributed by atoms with Gasteiger partial charge in [0.25, 0.3) is 5.91 Å². The summed E-state index contributed by atoms with van der Waals surface area (Å²) >= 11 is 0. The number of carbonyl (C=O) groups is 1. The van der Waals surface area contributed by atoms with Gasteiger partial charge in [0.05, 0.1) is 0 Å². The normalized spacial score (nSPS) is 17.6. The van der Waals surface area contributed by atoms with E-state index in [0.29, 0.717) is 37.0 Å². The number of halogens is 1. The third-order valence-electron chi connectivity index (χ3n) is 5.30. The average Bonchev–Trinajstić information content (AvgIpc) is 3.16. The summed E-state index contributed by atoms with van der Waals surface area (Å²) in [5.74, 6) is 1.17. The van der Waals surface area contributed by atoms with Crippen LogP contribution in [0.1, 0.15) is 34.7 Å². The van der Waals surface area contributed by atoms with Crippen molar-refractivity contribution in [2.24, 2.45) is 5.92 Å². The molecule has 1 aromatic heterocycles. The molecule has 2 heterocycles. The first-order valence-corrected chi connectivity index (χ1v) is 9.85. The zero-order valence-corrected chi connectivity index (χ0v) is 16.7. The Kier molecular flexibility index (Phi) is 7.23. The molecule has 0 aliphatic carbocycles. The Labute approximate surface area is 166 Å². The van der Waals surface area contributed by atoms with Crippen LogP contribution in [0.25, 0.3) is 0 Å². The predicted molar refractivity (Wildman–Crippen MR) is 106 cm³/mol. The van der Waals surface area contributed by atoms with Gasteiger partial charge in [-0.3, -0.25) is 4.79 Å². The van der Waals surface area contributed by atoms with Gasteiger partial charge in [-0.1, -0.05) is 18.2 Å². The van der Waals surface area contributed by atoms with Crippen molar-refractivity contribution in [3.8, 4) is 0 Å². The summed E-state index contributed by atoms with van der Waals surface area (Å²) in [6.45, 7) is 3.85. The zero-order chi connectivity index (χ0) is 19.9. The molecule has 1 aliphatic heterocycles. The second kappa shape index (κ2) is 9.85. The second-order valence-corrected chi connectivity index (χ2v) is 7.53. The summed E-state index contributed by atoms with van der Waals surface area (Å²) in [5.41, 5.74) is 0.765. The molecule has 1 amide bonds. The van der Waals surface area contributed by atoms with Gasteiger partial charge in [-0.15, -0.1) is 0 Å². The molecule has 0 saturated carbocycles. The van der Waals surface area contributed by atoms with Gasteiger partial charge in [-0.25, -0.2) is 4.39 Å². The maximum Gasteiger partial charge on any atom is 0.289 e. The first-order valence-electron chi connectivity index (χ1n) is 9.85. The summed E-state index contributed by atoms with van der Waals surface area (Å²) in [6, 6.07) is 10.4. The van der Waals surface area contributed by atoms with Crippen molar-refractivity contribution in [1.82, 2.24) is 9.80 Å². The molecule has 0 radical (unpaired) electrons. The molecule has 1 aromatic carbocycles. The molecule has 1 saturated heterocycles. The average molecular weight is 388 g/mol. The largest absolute Gasteiger partial charge is 0.453 e. The van der Waals surface area contributed by atoms with Crippen LogP contribution in [0.4, 0.5) is 4.39 Å². The number of nitrogens with zero attached hydrogens (tertiary/aromatic N) is 2. The lowest BCUT2D eigenvalue weighted by atomic mass is 9.97. The highest BCUT2D eigenvalue weighted by atomic mass is 19.1. The Morgan fingerprint density at radius 1 is 1.32 bits per heavy atom. The summed E-state index contributed by atoms with van der Waals surface area (Å²) in [4.78, 5) is 16.7. The molecule has 0 unspecified atom stereocenters. The van der Waals surface area contributed by atoms with E-state index < -0.39 is 0 Å². The van der Waals surface area contributed by atoms with Crippen molar-refractivity contribution in [2.45, 2.75) is 25.9 Å². The molecule has 1 fully saturated rings. The van der Waals surface area contributed by atoms with Gasteiger partial charge in [-0.05, 0) is 55.5 Å². The van der Waals surface area contributed by atoms with Crippen LogP contribution in [0.15, 0.2) is 40.8 Å². The Balaban J connectivity index is 1.49. The van der Waals surface area contributed by atoms with E-state index in [4.69, 9.17) is 9.15 Å². The highest BCUT2D eigenvalue weighted by Gasteiger charge is 2.24. The molecule has 28 heavy (non-hydrogen) atoms. The van der Waals surface area contributed by atoms with Gasteiger partial charge in [0.1, 0.15) is 18.2 Å². The number of hydrogen-bond donors (Lipinski definition) is 0. The fraction of sp³-hybridized carbons (Fsp3) is 0.500. The molecule has 2 aromatic rings. The van der Waals surface area contributed by atoms with E-state index >= 15 is 0 Å². The Morgan fingerprint density at radius 3 is 2.93 bits per heavy atom. The number of likely N-dealkylation sites (tertiary alicyclic amines) is 1. The lowest BCUT2D eigenvalue weighted by Crippen LogP contribution is -2.42. The van der Waals surface area contributed by atoms with Crippen molar-refractivity contribution >= 4 is 5.91 Å². The van der Waals surface area contributed by atoms with Crippen LogP contribution < -0.4 is 0 Å². The molecule has 6 heteroatoms. The van der Waals surface area contributed by atoms with Crippen LogP contribution in [0.5, 0.6) is 0 Å². The molecular weight excluding hydrogens is 359 g/mol. The molecule has 0 spiro atoms. The van der Waals surface area contributed by atoms with E-state index in [1.807, 2.05) is 19.2 Å². The van der Waals surface area contributed by atoms with E-state index in [-0.39, 0.29) is 11.7 Å². The summed E-state index contributed by atoms with van der Waals surface area (Å²) < 4.78 is 24.4. The number of hydrogen-bond acceptors (Lipinski definition) is 4. The second-order valence-electron chi connectivity index (χ2n) is 7.53. The van der Waals surface area contributed by atoms with Crippen LogP contribution in [0.3, 0.4) is 0 Å². The fourth-order valence-corrected chi connectivity index (χ4v) is 3.85. The van der Waals surface area contributed by atoms with Crippen molar-refractivity contribution in [3.63, 3.8) is 0 Å². The molecule has 1 atom stereocenters. The van der Waals surface area contributed by atoms with Crippen molar-refractivity contribution in [2.75, 3.05) is 40.3 Å². The van der Waals surface area contributed by atoms with E-state index in [9.17, 15) is 9.18 Å². The standard InChI is InChI=1S/C22H29FN2O3/c1-24(22(26)21-10-9-19(28-21)16-27-2)14-17-6-5-12-25(15-17)13-11-18-7-3-4-8-20(18)23/h3-4,7-10,17H,5-6,11-16H2,1-2H3/t17-/m0/s1. The number of ether oxygens (including phenoxy) is 1. The van der Waals surface area contributed by atoms with Crippen molar-refractivity contribution in [1.29, 1.82) is 0 Å². The van der Waals surface area contributed by atoms with Gasteiger partial charge in [0.2, 0.25) is 0 Å². The third-order valence-corrected chi connectivity index (χ3v) is 5.30. The number of rotatable bonds is 8. The minimum atomic E-state index is -0.132. The third kappa shape index (κ3) is 5.42. The zero-order valence-electron chi connectivity index (χ0n) is 16.7. The lowest BCUT2D eigenvalue weighted by molar-refractivity contribution is 0.0692. The topological polar surface area (TPSA) is 45.9 Å². The van der Waals surface area contributed by atoms with Crippen LogP contribution >= 0.6 is 0 Å². The smallest absolute Gasteiger partial charge is 0.289 e. The van der Waals surface area contributed by atoms with E-state index in [1.165, 1.54) is 6.07 Å². The SMILES string of the molecule is COCc1ccc(C(=O)N(C)C[C@@H]2CCCN(CCc3ccccc3F)C2)o1. The fourth-order valence-electron chi connectivity index (χ4n) is 3.85. The van der Waals surface area contributed by atoms with Crippen molar-refractivity contribution in [3.05, 3.63) is 59.3 Å². The quantitative estimate of drug-likeness (QED) is 0.693. The van der Waals surface area contributed by atoms with Crippen LogP contribution in [-0.4, -0.2) is 56.0 Å². The minimum absolute atomic E-state index is 0.106. The monoisotopic (exact) mass is 388 g/mol. The molecule has 3 rings (SSSR count). The first kappa shape index (κ1) is 20.6. The summed E-state index contributed by atoms with van der Waals surface area (Å²) in [5, 5.41) is 0. The van der Waals surface area contributed by atoms with Crippen LogP contribution in [-0.2, 0) is 17.8 Å². The number of carbonyl (C=O) groups excluding carboxylic acids is 1. The van der Waals surface area contributed by atoms with E-state index in [1.54, 1.807) is 30.2 Å². The number of methoxy groups -OCH3 is 1. The number of amides is 1. The lowest BCUT2D eigenvalue weighted by Gasteiger charge is -2.34. The number of benzene rings is 1. The van der Waals surface area contributed by atoms with Gasteiger partial charge in [0, 0.05) is 33.8 Å². The summed E-state index contributed by atoms with van der Waals surface area (Å²) in [6.07, 6.45) is 2.91. The molecule has 152 valence electrons. The van der Waals surface area contributed by atoms with Crippen molar-refractivity contribution < 1.29 is 18.3 Å². The highest BCUT2D eigenvalue weighted by Crippen LogP contribution is 2.20. The first-order chi connectivity index (χ1) is 13.6. The molecule has 1 aliphatic rings. The van der Waals surface area contributed by atoms with Gasteiger partial charge >= 0.3 is 0 Å².